The van der Waals surface area contributed by atoms with Crippen LogP contribution >= 0.6 is 11.3 Å². The minimum absolute atomic E-state index is 0.176. The molecular formula is C26H25N5OS. The quantitative estimate of drug-likeness (QED) is 0.372. The number of benzene rings is 2. The first kappa shape index (κ1) is 21.5. The van der Waals surface area contributed by atoms with Crippen LogP contribution in [0.2, 0.25) is 0 Å². The predicted octanol–water partition coefficient (Wildman–Crippen LogP) is 5.38. The lowest BCUT2D eigenvalue weighted by Crippen LogP contribution is -2.29. The Labute approximate surface area is 197 Å². The van der Waals surface area contributed by atoms with Gasteiger partial charge < -0.3 is 4.74 Å². The van der Waals surface area contributed by atoms with Gasteiger partial charge in [0.15, 0.2) is 0 Å². The van der Waals surface area contributed by atoms with Crippen molar-refractivity contribution in [1.29, 1.82) is 5.26 Å². The second-order valence-corrected chi connectivity index (χ2v) is 9.31. The zero-order valence-corrected chi connectivity index (χ0v) is 19.2. The molecule has 0 amide bonds. The summed E-state index contributed by atoms with van der Waals surface area (Å²) in [4.78, 5) is 16.2. The van der Waals surface area contributed by atoms with E-state index in [0.717, 1.165) is 32.9 Å². The highest BCUT2D eigenvalue weighted by Crippen LogP contribution is 2.32. The average molecular weight is 456 g/mol. The first-order valence-corrected chi connectivity index (χ1v) is 12.1. The van der Waals surface area contributed by atoms with Crippen molar-refractivity contribution in [2.24, 2.45) is 0 Å². The average Bonchev–Trinajstić information content (AvgIpc) is 3.28. The lowest BCUT2D eigenvalue weighted by Gasteiger charge is -2.26. The molecule has 7 heteroatoms. The highest BCUT2D eigenvalue weighted by atomic mass is 32.1. The van der Waals surface area contributed by atoms with Gasteiger partial charge in [0.2, 0.25) is 0 Å². The number of piperidine rings is 1. The first-order valence-electron chi connectivity index (χ1n) is 11.3. The summed E-state index contributed by atoms with van der Waals surface area (Å²) >= 11 is 1.58. The number of rotatable bonds is 7. The maximum atomic E-state index is 9.32. The van der Waals surface area contributed by atoms with E-state index >= 15 is 0 Å². The van der Waals surface area contributed by atoms with Crippen molar-refractivity contribution in [2.75, 3.05) is 13.1 Å². The number of aromatic nitrogens is 3. The van der Waals surface area contributed by atoms with Crippen LogP contribution in [0.5, 0.6) is 6.01 Å². The molecule has 0 aliphatic carbocycles. The number of para-hydroxylation sites is 1. The number of hydrogen-bond acceptors (Lipinski definition) is 7. The molecule has 3 heterocycles. The van der Waals surface area contributed by atoms with Crippen LogP contribution in [-0.4, -0.2) is 32.9 Å². The van der Waals surface area contributed by atoms with Gasteiger partial charge in [0.1, 0.15) is 11.6 Å². The molecule has 0 bridgehead atoms. The van der Waals surface area contributed by atoms with Gasteiger partial charge in [-0.05, 0) is 49.2 Å². The van der Waals surface area contributed by atoms with Gasteiger partial charge in [0.05, 0.1) is 34.0 Å². The molecule has 2 aromatic carbocycles. The molecule has 1 fully saturated rings. The van der Waals surface area contributed by atoms with Gasteiger partial charge in [-0.3, -0.25) is 4.90 Å². The third-order valence-corrected chi connectivity index (χ3v) is 6.90. The van der Waals surface area contributed by atoms with Crippen LogP contribution < -0.4 is 4.74 Å². The Morgan fingerprint density at radius 1 is 1.00 bits per heavy atom. The van der Waals surface area contributed by atoms with Gasteiger partial charge in [-0.2, -0.15) is 10.2 Å². The largest absolute Gasteiger partial charge is 0.459 e. The minimum atomic E-state index is 0.176. The van der Waals surface area contributed by atoms with Crippen LogP contribution in [0.15, 0.2) is 54.7 Å². The number of nitriles is 1. The van der Waals surface area contributed by atoms with Crippen molar-refractivity contribution in [2.45, 2.75) is 38.8 Å². The van der Waals surface area contributed by atoms with E-state index in [1.165, 1.54) is 37.9 Å². The normalized spacial score (nSPS) is 14.3. The zero-order valence-electron chi connectivity index (χ0n) is 18.4. The van der Waals surface area contributed by atoms with E-state index in [0.29, 0.717) is 12.3 Å². The topological polar surface area (TPSA) is 74.9 Å². The third kappa shape index (κ3) is 5.19. The molecule has 1 aliphatic heterocycles. The van der Waals surface area contributed by atoms with Gasteiger partial charge in [-0.1, -0.05) is 42.8 Å². The molecule has 166 valence electrons. The summed E-state index contributed by atoms with van der Waals surface area (Å²) in [6.45, 7) is 3.72. The first-order chi connectivity index (χ1) is 16.3. The maximum absolute atomic E-state index is 9.32. The van der Waals surface area contributed by atoms with E-state index in [1.807, 2.05) is 24.3 Å². The van der Waals surface area contributed by atoms with Gasteiger partial charge >= 0.3 is 6.01 Å². The van der Waals surface area contributed by atoms with Crippen LogP contribution in [0.1, 0.15) is 36.1 Å². The van der Waals surface area contributed by atoms with E-state index in [9.17, 15) is 5.26 Å². The summed E-state index contributed by atoms with van der Waals surface area (Å²) in [5, 5.41) is 10.1. The molecule has 1 aliphatic rings. The van der Waals surface area contributed by atoms with Gasteiger partial charge in [-0.15, -0.1) is 11.3 Å². The fraction of sp³-hybridized carbons (Fsp3) is 0.308. The number of likely N-dealkylation sites (tertiary alicyclic amines) is 1. The van der Waals surface area contributed by atoms with Crippen molar-refractivity contribution < 1.29 is 4.74 Å². The molecule has 0 unspecified atom stereocenters. The van der Waals surface area contributed by atoms with Crippen molar-refractivity contribution in [3.63, 3.8) is 0 Å². The summed E-state index contributed by atoms with van der Waals surface area (Å²) in [5.41, 5.74) is 4.75. The van der Waals surface area contributed by atoms with Crippen LogP contribution in [-0.2, 0) is 19.6 Å². The van der Waals surface area contributed by atoms with Crippen molar-refractivity contribution in [3.05, 3.63) is 71.5 Å². The number of ether oxygens (including phenoxy) is 1. The highest BCUT2D eigenvalue weighted by Gasteiger charge is 2.15. The van der Waals surface area contributed by atoms with E-state index < -0.39 is 0 Å². The summed E-state index contributed by atoms with van der Waals surface area (Å²) in [7, 11) is 0. The molecule has 0 spiro atoms. The molecular weight excluding hydrogens is 430 g/mol. The fourth-order valence-electron chi connectivity index (χ4n) is 4.19. The minimum Gasteiger partial charge on any atom is -0.459 e. The van der Waals surface area contributed by atoms with Crippen molar-refractivity contribution in [3.8, 4) is 22.7 Å². The standard InChI is InChI=1S/C26H25N5OS/c27-12-11-22-21(25-29-23-9-2-3-10-24(23)33-25)16-28-26(30-22)32-18-20-8-6-7-19(15-20)17-31-13-4-1-5-14-31/h2-3,6-10,15-16H,1,4-5,11,13-14,17-18H2. The zero-order chi connectivity index (χ0) is 22.5. The van der Waals surface area contributed by atoms with E-state index in [-0.39, 0.29) is 12.4 Å². The lowest BCUT2D eigenvalue weighted by atomic mass is 10.1. The van der Waals surface area contributed by atoms with Crippen molar-refractivity contribution >= 4 is 21.6 Å². The molecule has 0 radical (unpaired) electrons. The van der Waals surface area contributed by atoms with E-state index in [4.69, 9.17) is 9.72 Å². The molecule has 33 heavy (non-hydrogen) atoms. The predicted molar refractivity (Wildman–Crippen MR) is 130 cm³/mol. The molecule has 0 saturated carbocycles. The second-order valence-electron chi connectivity index (χ2n) is 8.28. The summed E-state index contributed by atoms with van der Waals surface area (Å²) in [5.74, 6) is 0. The van der Waals surface area contributed by atoms with Gasteiger partial charge in [0, 0.05) is 12.7 Å². The number of nitrogens with zero attached hydrogens (tertiary/aromatic N) is 5. The molecule has 2 aromatic heterocycles. The van der Waals surface area contributed by atoms with E-state index in [2.05, 4.69) is 45.2 Å². The highest BCUT2D eigenvalue weighted by molar-refractivity contribution is 7.21. The lowest BCUT2D eigenvalue weighted by molar-refractivity contribution is 0.220. The maximum Gasteiger partial charge on any atom is 0.316 e. The monoisotopic (exact) mass is 455 g/mol. The smallest absolute Gasteiger partial charge is 0.316 e. The van der Waals surface area contributed by atoms with Crippen LogP contribution in [0.3, 0.4) is 0 Å². The summed E-state index contributed by atoms with van der Waals surface area (Å²) in [6.07, 6.45) is 5.82. The van der Waals surface area contributed by atoms with Crippen molar-refractivity contribution in [1.82, 2.24) is 19.9 Å². The molecule has 5 rings (SSSR count). The van der Waals surface area contributed by atoms with Crippen LogP contribution in [0, 0.1) is 11.3 Å². The molecule has 4 aromatic rings. The van der Waals surface area contributed by atoms with Crippen LogP contribution in [0.4, 0.5) is 0 Å². The van der Waals surface area contributed by atoms with E-state index in [1.54, 1.807) is 17.5 Å². The Morgan fingerprint density at radius 2 is 1.85 bits per heavy atom. The number of fused-ring (bicyclic) bond motifs is 1. The summed E-state index contributed by atoms with van der Waals surface area (Å²) < 4.78 is 7.01. The Bertz CT molecular complexity index is 1260. The Balaban J connectivity index is 1.30. The molecule has 0 atom stereocenters. The molecule has 1 saturated heterocycles. The number of hydrogen-bond donors (Lipinski definition) is 0. The van der Waals surface area contributed by atoms with Crippen LogP contribution in [0.25, 0.3) is 20.8 Å². The number of thiazole rings is 1. The molecule has 6 nitrogen and oxygen atoms in total. The SMILES string of the molecule is N#CCc1nc(OCc2cccc(CN3CCCCC3)c2)ncc1-c1nc2ccccc2s1. The fourth-order valence-corrected chi connectivity index (χ4v) is 5.18. The molecule has 0 N–H and O–H groups in total. The summed E-state index contributed by atoms with van der Waals surface area (Å²) in [6, 6.07) is 19.0. The Morgan fingerprint density at radius 3 is 2.70 bits per heavy atom. The third-order valence-electron chi connectivity index (χ3n) is 5.83. The Kier molecular flexibility index (Phi) is 6.56. The van der Waals surface area contributed by atoms with Gasteiger partial charge in [0.25, 0.3) is 0 Å². The second kappa shape index (κ2) is 10.1. The van der Waals surface area contributed by atoms with Gasteiger partial charge in [-0.25, -0.2) is 9.97 Å². The Hall–Kier alpha value is -3.34.